The average molecular weight is 448 g/mol. The summed E-state index contributed by atoms with van der Waals surface area (Å²) < 4.78 is 34.0. The number of nitrogens with zero attached hydrogens (tertiary/aromatic N) is 1. The van der Waals surface area contributed by atoms with E-state index in [1.807, 2.05) is 0 Å². The van der Waals surface area contributed by atoms with Gasteiger partial charge >= 0.3 is 0 Å². The van der Waals surface area contributed by atoms with Crippen molar-refractivity contribution in [3.63, 3.8) is 0 Å². The molecule has 0 radical (unpaired) electrons. The molecule has 8 nitrogen and oxygen atoms in total. The number of para-hydroxylation sites is 1. The van der Waals surface area contributed by atoms with E-state index in [1.54, 1.807) is 41.8 Å². The van der Waals surface area contributed by atoms with Crippen molar-refractivity contribution in [1.29, 1.82) is 0 Å². The van der Waals surface area contributed by atoms with Gasteiger partial charge in [-0.25, -0.2) is 8.42 Å². The first-order valence-corrected chi connectivity index (χ1v) is 12.0. The van der Waals surface area contributed by atoms with Gasteiger partial charge in [-0.1, -0.05) is 12.1 Å². The van der Waals surface area contributed by atoms with Gasteiger partial charge < -0.3 is 15.0 Å². The van der Waals surface area contributed by atoms with Crippen LogP contribution in [0.3, 0.4) is 0 Å². The third kappa shape index (κ3) is 4.10. The normalized spacial score (nSPS) is 16.3. The maximum absolute atomic E-state index is 13.1. The fraction of sp³-hybridized carbons (Fsp3) is 0.300. The fourth-order valence-electron chi connectivity index (χ4n) is 3.34. The second-order valence-corrected chi connectivity index (χ2v) is 9.91. The zero-order valence-corrected chi connectivity index (χ0v) is 17.9. The molecule has 4 rings (SSSR count). The molecule has 0 saturated carbocycles. The SMILES string of the molecule is Cc1cccc(C(=O)N2CCSCC2)c1NS(=O)(=O)c1ccc2c(c1)NC(=O)CO2. The van der Waals surface area contributed by atoms with E-state index in [1.165, 1.54) is 18.2 Å². The highest BCUT2D eigenvalue weighted by molar-refractivity contribution is 7.99. The van der Waals surface area contributed by atoms with Crippen molar-refractivity contribution < 1.29 is 22.7 Å². The molecule has 2 amide bonds. The lowest BCUT2D eigenvalue weighted by atomic mass is 10.1. The number of hydrogen-bond acceptors (Lipinski definition) is 6. The predicted octanol–water partition coefficient (Wildman–Crippen LogP) is 2.32. The molecule has 2 aromatic carbocycles. The molecule has 1 fully saturated rings. The second-order valence-electron chi connectivity index (χ2n) is 7.00. The number of amides is 2. The Balaban J connectivity index is 1.66. The third-order valence-electron chi connectivity index (χ3n) is 4.93. The van der Waals surface area contributed by atoms with Crippen molar-refractivity contribution in [3.8, 4) is 5.75 Å². The average Bonchev–Trinajstić information content (AvgIpc) is 2.74. The van der Waals surface area contributed by atoms with Crippen LogP contribution in [0.4, 0.5) is 11.4 Å². The number of anilines is 2. The summed E-state index contributed by atoms with van der Waals surface area (Å²) >= 11 is 1.79. The molecular weight excluding hydrogens is 426 g/mol. The smallest absolute Gasteiger partial charge is 0.262 e. The first-order valence-electron chi connectivity index (χ1n) is 9.41. The van der Waals surface area contributed by atoms with Crippen LogP contribution in [0, 0.1) is 6.92 Å². The van der Waals surface area contributed by atoms with Gasteiger partial charge in [-0.2, -0.15) is 11.8 Å². The van der Waals surface area contributed by atoms with Crippen molar-refractivity contribution in [2.24, 2.45) is 0 Å². The van der Waals surface area contributed by atoms with Crippen LogP contribution in [-0.4, -0.2) is 56.3 Å². The van der Waals surface area contributed by atoms with Crippen LogP contribution in [0.25, 0.3) is 0 Å². The minimum atomic E-state index is -4.01. The van der Waals surface area contributed by atoms with Gasteiger partial charge in [0.05, 0.1) is 21.8 Å². The van der Waals surface area contributed by atoms with Crippen molar-refractivity contribution in [1.82, 2.24) is 4.90 Å². The third-order valence-corrected chi connectivity index (χ3v) is 7.22. The van der Waals surface area contributed by atoms with Gasteiger partial charge in [0.1, 0.15) is 5.75 Å². The Labute approximate surface area is 179 Å². The monoisotopic (exact) mass is 447 g/mol. The number of rotatable bonds is 4. The molecule has 2 heterocycles. The van der Waals surface area contributed by atoms with E-state index in [4.69, 9.17) is 4.74 Å². The number of fused-ring (bicyclic) bond motifs is 1. The largest absolute Gasteiger partial charge is 0.482 e. The summed E-state index contributed by atoms with van der Waals surface area (Å²) in [6.45, 7) is 2.91. The molecule has 0 aromatic heterocycles. The van der Waals surface area contributed by atoms with Crippen molar-refractivity contribution in [2.45, 2.75) is 11.8 Å². The standard InChI is InChI=1S/C20H21N3O5S2/c1-13-3-2-4-15(20(25)23-7-9-29-10-8-23)19(13)22-30(26,27)14-5-6-17-16(11-14)21-18(24)12-28-17/h2-6,11,22H,7-10,12H2,1H3,(H,21,24). The first-order chi connectivity index (χ1) is 14.3. The highest BCUT2D eigenvalue weighted by Crippen LogP contribution is 2.32. The molecule has 0 bridgehead atoms. The molecule has 2 aromatic rings. The lowest BCUT2D eigenvalue weighted by Crippen LogP contribution is -2.38. The summed E-state index contributed by atoms with van der Waals surface area (Å²) in [4.78, 5) is 26.3. The van der Waals surface area contributed by atoms with Gasteiger partial charge in [0, 0.05) is 24.6 Å². The number of nitrogens with one attached hydrogen (secondary N) is 2. The molecule has 0 spiro atoms. The lowest BCUT2D eigenvalue weighted by molar-refractivity contribution is -0.118. The number of carbonyl (C=O) groups is 2. The Bertz CT molecular complexity index is 1110. The van der Waals surface area contributed by atoms with E-state index >= 15 is 0 Å². The summed E-state index contributed by atoms with van der Waals surface area (Å²) in [7, 11) is -4.01. The van der Waals surface area contributed by atoms with Crippen molar-refractivity contribution >= 4 is 45.0 Å². The maximum atomic E-state index is 13.1. The quantitative estimate of drug-likeness (QED) is 0.745. The molecule has 2 N–H and O–H groups in total. The summed E-state index contributed by atoms with van der Waals surface area (Å²) in [5, 5.41) is 2.60. The van der Waals surface area contributed by atoms with Gasteiger partial charge in [0.15, 0.2) is 6.61 Å². The van der Waals surface area contributed by atoms with Crippen LogP contribution < -0.4 is 14.8 Å². The number of ether oxygens (including phenoxy) is 1. The highest BCUT2D eigenvalue weighted by Gasteiger charge is 2.26. The number of hydrogen-bond donors (Lipinski definition) is 2. The number of thioether (sulfide) groups is 1. The Morgan fingerprint density at radius 1 is 1.20 bits per heavy atom. The van der Waals surface area contributed by atoms with Gasteiger partial charge in [-0.3, -0.25) is 14.3 Å². The van der Waals surface area contributed by atoms with E-state index in [9.17, 15) is 18.0 Å². The van der Waals surface area contributed by atoms with Crippen molar-refractivity contribution in [3.05, 3.63) is 47.5 Å². The number of aryl methyl sites for hydroxylation is 1. The molecule has 1 saturated heterocycles. The Kier molecular flexibility index (Phi) is 5.61. The molecule has 0 unspecified atom stereocenters. The number of benzene rings is 2. The van der Waals surface area contributed by atoms with E-state index in [0.717, 1.165) is 11.5 Å². The van der Waals surface area contributed by atoms with Gasteiger partial charge in [-0.05, 0) is 36.8 Å². The molecule has 2 aliphatic heterocycles. The minimum Gasteiger partial charge on any atom is -0.482 e. The Morgan fingerprint density at radius 2 is 1.97 bits per heavy atom. The molecule has 10 heteroatoms. The predicted molar refractivity (Wildman–Crippen MR) is 116 cm³/mol. The van der Waals surface area contributed by atoms with E-state index in [2.05, 4.69) is 10.0 Å². The lowest BCUT2D eigenvalue weighted by Gasteiger charge is -2.27. The fourth-order valence-corrected chi connectivity index (χ4v) is 5.42. The molecule has 30 heavy (non-hydrogen) atoms. The highest BCUT2D eigenvalue weighted by atomic mass is 32.2. The first kappa shape index (κ1) is 20.5. The molecule has 0 aliphatic carbocycles. The molecule has 2 aliphatic rings. The topological polar surface area (TPSA) is 105 Å². The van der Waals surface area contributed by atoms with Crippen LogP contribution in [0.15, 0.2) is 41.3 Å². The van der Waals surface area contributed by atoms with Crippen LogP contribution >= 0.6 is 11.8 Å². The molecule has 158 valence electrons. The van der Waals surface area contributed by atoms with Gasteiger partial charge in [-0.15, -0.1) is 0 Å². The van der Waals surface area contributed by atoms with Crippen LogP contribution in [-0.2, 0) is 14.8 Å². The van der Waals surface area contributed by atoms with Gasteiger partial charge in [0.2, 0.25) is 0 Å². The van der Waals surface area contributed by atoms with Crippen LogP contribution in [0.2, 0.25) is 0 Å². The zero-order chi connectivity index (χ0) is 21.3. The summed E-state index contributed by atoms with van der Waals surface area (Å²) in [5.41, 5.74) is 1.52. The van der Waals surface area contributed by atoms with Crippen LogP contribution in [0.1, 0.15) is 15.9 Å². The summed E-state index contributed by atoms with van der Waals surface area (Å²) in [6.07, 6.45) is 0. The summed E-state index contributed by atoms with van der Waals surface area (Å²) in [6, 6.07) is 9.37. The minimum absolute atomic E-state index is 0.0388. The Hall–Kier alpha value is -2.72. The number of carbonyl (C=O) groups excluding carboxylic acids is 2. The number of sulfonamides is 1. The maximum Gasteiger partial charge on any atom is 0.262 e. The zero-order valence-electron chi connectivity index (χ0n) is 16.3. The second kappa shape index (κ2) is 8.19. The van der Waals surface area contributed by atoms with E-state index in [-0.39, 0.29) is 29.0 Å². The molecule has 0 atom stereocenters. The molecular formula is C20H21N3O5S2. The Morgan fingerprint density at radius 3 is 2.73 bits per heavy atom. The van der Waals surface area contributed by atoms with Crippen LogP contribution in [0.5, 0.6) is 5.75 Å². The van der Waals surface area contributed by atoms with Gasteiger partial charge in [0.25, 0.3) is 21.8 Å². The van der Waals surface area contributed by atoms with E-state index in [0.29, 0.717) is 35.7 Å². The van der Waals surface area contributed by atoms with E-state index < -0.39 is 10.0 Å². The van der Waals surface area contributed by atoms with Crippen molar-refractivity contribution in [2.75, 3.05) is 41.2 Å². The summed E-state index contributed by atoms with van der Waals surface area (Å²) in [5.74, 6) is 1.59.